The molecule has 1 saturated heterocycles. The fourth-order valence-corrected chi connectivity index (χ4v) is 3.01. The summed E-state index contributed by atoms with van der Waals surface area (Å²) in [4.78, 5) is 14.3. The summed E-state index contributed by atoms with van der Waals surface area (Å²) >= 11 is 2.22. The number of carbonyl (C=O) groups excluding carboxylic acids is 1. The van der Waals surface area contributed by atoms with Crippen molar-refractivity contribution in [2.75, 3.05) is 19.7 Å². The zero-order chi connectivity index (χ0) is 13.0. The van der Waals surface area contributed by atoms with Crippen LogP contribution in [0.5, 0.6) is 0 Å². The van der Waals surface area contributed by atoms with Crippen LogP contribution in [0.15, 0.2) is 24.3 Å². The van der Waals surface area contributed by atoms with Crippen LogP contribution in [0.4, 0.5) is 0 Å². The highest BCUT2D eigenvalue weighted by Gasteiger charge is 2.24. The van der Waals surface area contributed by atoms with Crippen molar-refractivity contribution in [3.8, 4) is 0 Å². The number of nitrogens with zero attached hydrogens (tertiary/aromatic N) is 1. The van der Waals surface area contributed by atoms with Crippen molar-refractivity contribution in [2.45, 2.75) is 19.3 Å². The molecule has 1 aromatic carbocycles. The van der Waals surface area contributed by atoms with Gasteiger partial charge in [0.15, 0.2) is 0 Å². The van der Waals surface area contributed by atoms with Crippen LogP contribution in [0, 0.1) is 9.49 Å². The Hall–Kier alpha value is -0.620. The van der Waals surface area contributed by atoms with Crippen molar-refractivity contribution in [1.29, 1.82) is 0 Å². The molecule has 0 aliphatic carbocycles. The molecule has 1 aromatic rings. The number of carbonyl (C=O) groups is 1. The van der Waals surface area contributed by atoms with E-state index in [2.05, 4.69) is 22.6 Å². The van der Waals surface area contributed by atoms with Gasteiger partial charge in [-0.1, -0.05) is 6.07 Å². The van der Waals surface area contributed by atoms with Crippen molar-refractivity contribution in [3.63, 3.8) is 0 Å². The highest BCUT2D eigenvalue weighted by atomic mass is 127. The molecule has 1 atom stereocenters. The maximum absolute atomic E-state index is 12.4. The second-order valence-corrected chi connectivity index (χ2v) is 6.03. The Morgan fingerprint density at radius 3 is 3.06 bits per heavy atom. The molecule has 1 aliphatic heterocycles. The van der Waals surface area contributed by atoms with E-state index < -0.39 is 0 Å². The maximum Gasteiger partial charge on any atom is 0.253 e. The topological polar surface area (TPSA) is 40.5 Å². The number of hydrogen-bond donors (Lipinski definition) is 1. The smallest absolute Gasteiger partial charge is 0.253 e. The van der Waals surface area contributed by atoms with Crippen LogP contribution in [-0.2, 0) is 0 Å². The van der Waals surface area contributed by atoms with E-state index in [0.717, 1.165) is 41.5 Å². The number of piperidine rings is 1. The molecular formula is C14H18INO2. The minimum Gasteiger partial charge on any atom is -0.396 e. The first-order chi connectivity index (χ1) is 8.70. The van der Waals surface area contributed by atoms with Gasteiger partial charge in [-0.3, -0.25) is 4.79 Å². The van der Waals surface area contributed by atoms with Crippen LogP contribution in [0.2, 0.25) is 0 Å². The molecule has 1 fully saturated rings. The average Bonchev–Trinajstić information content (AvgIpc) is 2.39. The highest BCUT2D eigenvalue weighted by Crippen LogP contribution is 2.21. The second-order valence-electron chi connectivity index (χ2n) is 4.78. The molecule has 0 aromatic heterocycles. The molecule has 1 unspecified atom stereocenters. The summed E-state index contributed by atoms with van der Waals surface area (Å²) in [7, 11) is 0. The van der Waals surface area contributed by atoms with Crippen molar-refractivity contribution in [2.24, 2.45) is 5.92 Å². The van der Waals surface area contributed by atoms with Crippen molar-refractivity contribution in [3.05, 3.63) is 33.4 Å². The van der Waals surface area contributed by atoms with E-state index in [-0.39, 0.29) is 12.5 Å². The molecule has 0 radical (unpaired) electrons. The quantitative estimate of drug-likeness (QED) is 0.843. The third-order valence-corrected chi connectivity index (χ3v) is 4.09. The molecule has 98 valence electrons. The Balaban J connectivity index is 2.04. The molecule has 1 heterocycles. The Labute approximate surface area is 121 Å². The number of hydrogen-bond acceptors (Lipinski definition) is 2. The van der Waals surface area contributed by atoms with E-state index in [1.54, 1.807) is 0 Å². The number of rotatable bonds is 3. The lowest BCUT2D eigenvalue weighted by molar-refractivity contribution is 0.0653. The zero-order valence-corrected chi connectivity index (χ0v) is 12.5. The first-order valence-corrected chi connectivity index (χ1v) is 7.44. The van der Waals surface area contributed by atoms with Gasteiger partial charge < -0.3 is 10.0 Å². The van der Waals surface area contributed by atoms with Gasteiger partial charge in [0.25, 0.3) is 5.91 Å². The van der Waals surface area contributed by atoms with E-state index in [4.69, 9.17) is 5.11 Å². The lowest BCUT2D eigenvalue weighted by Gasteiger charge is -2.32. The minimum atomic E-state index is 0.121. The van der Waals surface area contributed by atoms with Gasteiger partial charge in [0.2, 0.25) is 0 Å². The average molecular weight is 359 g/mol. The van der Waals surface area contributed by atoms with Gasteiger partial charge >= 0.3 is 0 Å². The summed E-state index contributed by atoms with van der Waals surface area (Å²) in [5.74, 6) is 0.576. The molecule has 4 heteroatoms. The van der Waals surface area contributed by atoms with Crippen LogP contribution < -0.4 is 0 Å². The Morgan fingerprint density at radius 2 is 2.33 bits per heavy atom. The van der Waals surface area contributed by atoms with Gasteiger partial charge in [0.05, 0.1) is 0 Å². The summed E-state index contributed by atoms with van der Waals surface area (Å²) in [5, 5.41) is 8.99. The monoisotopic (exact) mass is 359 g/mol. The molecule has 3 nitrogen and oxygen atoms in total. The highest BCUT2D eigenvalue weighted by molar-refractivity contribution is 14.1. The summed E-state index contributed by atoms with van der Waals surface area (Å²) in [6.07, 6.45) is 2.97. The first-order valence-electron chi connectivity index (χ1n) is 6.36. The van der Waals surface area contributed by atoms with Gasteiger partial charge in [0, 0.05) is 28.8 Å². The number of amides is 1. The number of halogens is 1. The van der Waals surface area contributed by atoms with E-state index in [1.807, 2.05) is 29.2 Å². The van der Waals surface area contributed by atoms with Crippen molar-refractivity contribution < 1.29 is 9.90 Å². The molecule has 2 rings (SSSR count). The van der Waals surface area contributed by atoms with Crippen LogP contribution in [0.3, 0.4) is 0 Å². The predicted octanol–water partition coefficient (Wildman–Crippen LogP) is 2.53. The number of benzene rings is 1. The Kier molecular flexibility index (Phi) is 5.00. The normalized spacial score (nSPS) is 19.9. The number of likely N-dealkylation sites (tertiary alicyclic amines) is 1. The predicted molar refractivity (Wildman–Crippen MR) is 79.5 cm³/mol. The number of aliphatic hydroxyl groups excluding tert-OH is 1. The van der Waals surface area contributed by atoms with Crippen molar-refractivity contribution in [1.82, 2.24) is 4.90 Å². The molecule has 0 spiro atoms. The molecule has 1 amide bonds. The van der Waals surface area contributed by atoms with Gasteiger partial charge in [-0.15, -0.1) is 0 Å². The van der Waals surface area contributed by atoms with Crippen LogP contribution in [0.25, 0.3) is 0 Å². The Bertz CT molecular complexity index is 420. The van der Waals surface area contributed by atoms with E-state index in [0.29, 0.717) is 5.92 Å². The van der Waals surface area contributed by atoms with E-state index in [9.17, 15) is 4.79 Å². The van der Waals surface area contributed by atoms with Crippen LogP contribution in [0.1, 0.15) is 29.6 Å². The largest absolute Gasteiger partial charge is 0.396 e. The standard InChI is InChI=1S/C14H18INO2/c15-13-5-1-4-12(9-13)14(18)16-7-2-3-11(10-16)6-8-17/h1,4-5,9,11,17H,2-3,6-8,10H2. The zero-order valence-electron chi connectivity index (χ0n) is 10.3. The summed E-state index contributed by atoms with van der Waals surface area (Å²) < 4.78 is 1.09. The van der Waals surface area contributed by atoms with Gasteiger partial charge in [-0.05, 0) is 66.0 Å². The third kappa shape index (κ3) is 3.45. The summed E-state index contributed by atoms with van der Waals surface area (Å²) in [6, 6.07) is 7.71. The molecule has 0 bridgehead atoms. The van der Waals surface area contributed by atoms with Crippen LogP contribution in [-0.4, -0.2) is 35.6 Å². The van der Waals surface area contributed by atoms with Gasteiger partial charge in [0.1, 0.15) is 0 Å². The van der Waals surface area contributed by atoms with Gasteiger partial charge in [-0.2, -0.15) is 0 Å². The summed E-state index contributed by atoms with van der Waals surface area (Å²) in [5.41, 5.74) is 0.770. The minimum absolute atomic E-state index is 0.121. The maximum atomic E-state index is 12.4. The van der Waals surface area contributed by atoms with E-state index >= 15 is 0 Å². The fraction of sp³-hybridized carbons (Fsp3) is 0.500. The third-order valence-electron chi connectivity index (χ3n) is 3.42. The molecule has 1 aliphatic rings. The first kappa shape index (κ1) is 13.8. The second kappa shape index (κ2) is 6.52. The molecule has 0 saturated carbocycles. The SMILES string of the molecule is O=C(c1cccc(I)c1)N1CCCC(CCO)C1. The summed E-state index contributed by atoms with van der Waals surface area (Å²) in [6.45, 7) is 1.84. The lowest BCUT2D eigenvalue weighted by Crippen LogP contribution is -2.40. The van der Waals surface area contributed by atoms with Crippen molar-refractivity contribution >= 4 is 28.5 Å². The molecule has 18 heavy (non-hydrogen) atoms. The lowest BCUT2D eigenvalue weighted by atomic mass is 9.94. The molecular weight excluding hydrogens is 341 g/mol. The fourth-order valence-electron chi connectivity index (χ4n) is 2.47. The van der Waals surface area contributed by atoms with Gasteiger partial charge in [-0.25, -0.2) is 0 Å². The van der Waals surface area contributed by atoms with Crippen LogP contribution >= 0.6 is 22.6 Å². The van der Waals surface area contributed by atoms with E-state index in [1.165, 1.54) is 0 Å². The molecule has 1 N–H and O–H groups in total. The Morgan fingerprint density at radius 1 is 1.50 bits per heavy atom. The number of aliphatic hydroxyl groups is 1.